The highest BCUT2D eigenvalue weighted by Gasteiger charge is 2.23. The van der Waals surface area contributed by atoms with E-state index in [1.807, 2.05) is 0 Å². The van der Waals surface area contributed by atoms with Crippen LogP contribution in [0.2, 0.25) is 0 Å². The highest BCUT2D eigenvalue weighted by Crippen LogP contribution is 2.31. The Kier molecular flexibility index (Phi) is 6.80. The van der Waals surface area contributed by atoms with E-state index in [9.17, 15) is 21.6 Å². The lowest BCUT2D eigenvalue weighted by Gasteiger charge is -2.17. The second kappa shape index (κ2) is 8.62. The average molecular weight is 456 g/mol. The molecule has 9 nitrogen and oxygen atoms in total. The van der Waals surface area contributed by atoms with Gasteiger partial charge < -0.3 is 10.1 Å². The molecule has 0 aliphatic carbocycles. The van der Waals surface area contributed by atoms with Crippen LogP contribution in [0.5, 0.6) is 5.75 Å². The van der Waals surface area contributed by atoms with Gasteiger partial charge in [-0.05, 0) is 55.3 Å². The number of carbonyl (C=O) groups excluding carboxylic acids is 1. The number of nitrogens with zero attached hydrogens (tertiary/aromatic N) is 1. The van der Waals surface area contributed by atoms with E-state index in [0.717, 1.165) is 4.31 Å². The fourth-order valence-electron chi connectivity index (χ4n) is 2.64. The molecule has 0 aliphatic heterocycles. The van der Waals surface area contributed by atoms with E-state index < -0.39 is 20.0 Å². The maximum absolute atomic E-state index is 13.0. The van der Waals surface area contributed by atoms with Crippen LogP contribution in [0.15, 0.2) is 40.1 Å². The van der Waals surface area contributed by atoms with Crippen LogP contribution in [-0.4, -0.2) is 48.3 Å². The monoisotopic (exact) mass is 455 g/mol. The summed E-state index contributed by atoms with van der Waals surface area (Å²) in [5.41, 5.74) is 1.55. The average Bonchev–Trinajstić information content (AvgIpc) is 2.64. The van der Waals surface area contributed by atoms with Gasteiger partial charge in [0.2, 0.25) is 15.9 Å². The standard InChI is InChI=1S/C19H25N3O6S2/c1-12-9-16(30(26,27)22(4)5)11-17(13(12)2)21-29(24,25)15-7-8-19(28-6)18(10-15)20-14(3)23/h7-11,21H,1-6H3,(H,20,23). The first-order valence-corrected chi connectivity index (χ1v) is 11.7. The first kappa shape index (κ1) is 23.6. The Balaban J connectivity index is 2.54. The van der Waals surface area contributed by atoms with E-state index in [2.05, 4.69) is 10.0 Å². The molecule has 0 unspecified atom stereocenters. The number of aryl methyl sites for hydroxylation is 1. The van der Waals surface area contributed by atoms with Crippen molar-refractivity contribution in [2.24, 2.45) is 0 Å². The van der Waals surface area contributed by atoms with Crippen LogP contribution < -0.4 is 14.8 Å². The minimum atomic E-state index is -4.08. The third-order valence-corrected chi connectivity index (χ3v) is 7.61. The maximum Gasteiger partial charge on any atom is 0.261 e. The molecule has 0 bridgehead atoms. The summed E-state index contributed by atoms with van der Waals surface area (Å²) < 4.78 is 59.6. The second-order valence-electron chi connectivity index (χ2n) is 6.85. The zero-order chi connectivity index (χ0) is 22.9. The molecular weight excluding hydrogens is 430 g/mol. The topological polar surface area (TPSA) is 122 Å². The number of methoxy groups -OCH3 is 1. The molecule has 0 heterocycles. The summed E-state index contributed by atoms with van der Waals surface area (Å²) in [5.74, 6) is -0.0841. The number of hydrogen-bond acceptors (Lipinski definition) is 6. The van der Waals surface area contributed by atoms with Crippen molar-refractivity contribution in [3.8, 4) is 5.75 Å². The Labute approximate surface area is 177 Å². The van der Waals surface area contributed by atoms with Gasteiger partial charge in [0, 0.05) is 21.0 Å². The van der Waals surface area contributed by atoms with Crippen LogP contribution in [-0.2, 0) is 24.8 Å². The normalized spacial score (nSPS) is 12.0. The van der Waals surface area contributed by atoms with Gasteiger partial charge in [0.25, 0.3) is 10.0 Å². The number of sulfonamides is 2. The number of nitrogens with one attached hydrogen (secondary N) is 2. The predicted octanol–water partition coefficient (Wildman–Crippen LogP) is 2.32. The van der Waals surface area contributed by atoms with Crippen molar-refractivity contribution < 1.29 is 26.4 Å². The summed E-state index contributed by atoms with van der Waals surface area (Å²) in [7, 11) is -3.64. The number of carbonyl (C=O) groups is 1. The molecule has 0 radical (unpaired) electrons. The lowest BCUT2D eigenvalue weighted by atomic mass is 10.1. The molecule has 0 saturated heterocycles. The van der Waals surface area contributed by atoms with Gasteiger partial charge in [-0.2, -0.15) is 0 Å². The summed E-state index contributed by atoms with van der Waals surface area (Å²) in [5, 5.41) is 2.52. The van der Waals surface area contributed by atoms with Gasteiger partial charge >= 0.3 is 0 Å². The molecule has 2 rings (SSSR count). The molecule has 11 heteroatoms. The molecule has 2 aromatic rings. The van der Waals surface area contributed by atoms with Gasteiger partial charge in [-0.3, -0.25) is 9.52 Å². The van der Waals surface area contributed by atoms with Crippen LogP contribution >= 0.6 is 0 Å². The molecule has 2 aromatic carbocycles. The summed E-state index contributed by atoms with van der Waals surface area (Å²) in [6.07, 6.45) is 0. The summed E-state index contributed by atoms with van der Waals surface area (Å²) in [6, 6.07) is 6.79. The Morgan fingerprint density at radius 2 is 1.57 bits per heavy atom. The van der Waals surface area contributed by atoms with Crippen molar-refractivity contribution in [1.82, 2.24) is 4.31 Å². The van der Waals surface area contributed by atoms with E-state index in [0.29, 0.717) is 16.9 Å². The van der Waals surface area contributed by atoms with E-state index in [-0.39, 0.29) is 27.1 Å². The smallest absolute Gasteiger partial charge is 0.261 e. The van der Waals surface area contributed by atoms with Crippen LogP contribution in [0.4, 0.5) is 11.4 Å². The van der Waals surface area contributed by atoms with Gasteiger partial charge in [0.05, 0.1) is 28.3 Å². The minimum absolute atomic E-state index is 0.0260. The van der Waals surface area contributed by atoms with Crippen LogP contribution in [0.25, 0.3) is 0 Å². The molecule has 0 spiro atoms. The highest BCUT2D eigenvalue weighted by molar-refractivity contribution is 7.92. The largest absolute Gasteiger partial charge is 0.495 e. The number of ether oxygens (including phenoxy) is 1. The molecular formula is C19H25N3O6S2. The van der Waals surface area contributed by atoms with Crippen molar-refractivity contribution in [2.45, 2.75) is 30.6 Å². The first-order valence-electron chi connectivity index (χ1n) is 8.82. The zero-order valence-electron chi connectivity index (χ0n) is 17.6. The molecule has 0 aromatic heterocycles. The Hall–Kier alpha value is -2.63. The quantitative estimate of drug-likeness (QED) is 0.661. The van der Waals surface area contributed by atoms with Gasteiger partial charge in [0.1, 0.15) is 5.75 Å². The lowest BCUT2D eigenvalue weighted by molar-refractivity contribution is -0.114. The highest BCUT2D eigenvalue weighted by atomic mass is 32.2. The van der Waals surface area contributed by atoms with Gasteiger partial charge in [-0.25, -0.2) is 21.1 Å². The van der Waals surface area contributed by atoms with Crippen LogP contribution in [0.3, 0.4) is 0 Å². The molecule has 0 fully saturated rings. The molecule has 30 heavy (non-hydrogen) atoms. The molecule has 0 atom stereocenters. The summed E-state index contributed by atoms with van der Waals surface area (Å²) in [4.78, 5) is 11.3. The van der Waals surface area contributed by atoms with E-state index >= 15 is 0 Å². The van der Waals surface area contributed by atoms with Crippen molar-refractivity contribution >= 4 is 37.3 Å². The third kappa shape index (κ3) is 4.91. The van der Waals surface area contributed by atoms with Crippen molar-refractivity contribution in [1.29, 1.82) is 0 Å². The molecule has 1 amide bonds. The van der Waals surface area contributed by atoms with Gasteiger partial charge in [-0.1, -0.05) is 0 Å². The second-order valence-corrected chi connectivity index (χ2v) is 10.7. The fourth-order valence-corrected chi connectivity index (χ4v) is 4.79. The number of hydrogen-bond donors (Lipinski definition) is 2. The predicted molar refractivity (Wildman–Crippen MR) is 115 cm³/mol. The number of anilines is 2. The fraction of sp³-hybridized carbons (Fsp3) is 0.316. The van der Waals surface area contributed by atoms with Gasteiger partial charge in [-0.15, -0.1) is 0 Å². The zero-order valence-corrected chi connectivity index (χ0v) is 19.2. The lowest BCUT2D eigenvalue weighted by Crippen LogP contribution is -2.23. The Morgan fingerprint density at radius 1 is 0.967 bits per heavy atom. The number of rotatable bonds is 7. The SMILES string of the molecule is COc1ccc(S(=O)(=O)Nc2cc(S(=O)(=O)N(C)C)cc(C)c2C)cc1NC(C)=O. The summed E-state index contributed by atoms with van der Waals surface area (Å²) >= 11 is 0. The molecule has 0 aliphatic rings. The molecule has 2 N–H and O–H groups in total. The number of benzene rings is 2. The van der Waals surface area contributed by atoms with E-state index in [1.54, 1.807) is 13.8 Å². The minimum Gasteiger partial charge on any atom is -0.495 e. The molecule has 164 valence electrons. The number of amides is 1. The van der Waals surface area contributed by atoms with Crippen LogP contribution in [0, 0.1) is 13.8 Å². The first-order chi connectivity index (χ1) is 13.8. The van der Waals surface area contributed by atoms with Crippen molar-refractivity contribution in [3.05, 3.63) is 41.5 Å². The third-order valence-electron chi connectivity index (χ3n) is 4.46. The van der Waals surface area contributed by atoms with Crippen LogP contribution in [0.1, 0.15) is 18.1 Å². The van der Waals surface area contributed by atoms with Crippen molar-refractivity contribution in [3.63, 3.8) is 0 Å². The Morgan fingerprint density at radius 3 is 2.10 bits per heavy atom. The maximum atomic E-state index is 13.0. The molecule has 0 saturated carbocycles. The van der Waals surface area contributed by atoms with Crippen molar-refractivity contribution in [2.75, 3.05) is 31.2 Å². The Bertz CT molecular complexity index is 1190. The van der Waals surface area contributed by atoms with E-state index in [1.165, 1.54) is 58.5 Å². The van der Waals surface area contributed by atoms with Gasteiger partial charge in [0.15, 0.2) is 0 Å². The van der Waals surface area contributed by atoms with E-state index in [4.69, 9.17) is 4.74 Å². The summed E-state index contributed by atoms with van der Waals surface area (Å²) in [6.45, 7) is 4.68.